The maximum Gasteiger partial charge on any atom is 0.155 e. The smallest absolute Gasteiger partial charge is 0.155 e. The van der Waals surface area contributed by atoms with Crippen molar-refractivity contribution >= 4 is 23.1 Å². The van der Waals surface area contributed by atoms with Gasteiger partial charge >= 0.3 is 0 Å². The third-order valence-corrected chi connectivity index (χ3v) is 6.24. The number of benzene rings is 2. The largest absolute Gasteiger partial charge is 0.265 e. The van der Waals surface area contributed by atoms with Crippen LogP contribution >= 0.6 is 23.1 Å². The molecule has 2 heterocycles. The van der Waals surface area contributed by atoms with Gasteiger partial charge in [0.25, 0.3) is 0 Å². The van der Waals surface area contributed by atoms with Crippen molar-refractivity contribution < 1.29 is 0 Å². The Morgan fingerprint density at radius 3 is 2.31 bits per heavy atom. The van der Waals surface area contributed by atoms with Crippen LogP contribution in [0.4, 0.5) is 0 Å². The van der Waals surface area contributed by atoms with Gasteiger partial charge in [0.1, 0.15) is 0 Å². The van der Waals surface area contributed by atoms with Crippen LogP contribution in [0.25, 0.3) is 21.7 Å². The zero-order chi connectivity index (χ0) is 17.9. The minimum atomic E-state index is 1.04. The molecule has 2 aromatic carbocycles. The summed E-state index contributed by atoms with van der Waals surface area (Å²) in [6.45, 7) is 4.22. The molecule has 0 aliphatic heterocycles. The fraction of sp³-hybridized carbons (Fsp3) is 0.0909. The molecule has 0 fully saturated rings. The van der Waals surface area contributed by atoms with Crippen molar-refractivity contribution in [3.8, 4) is 21.7 Å². The highest BCUT2D eigenvalue weighted by molar-refractivity contribution is 8.01. The fourth-order valence-electron chi connectivity index (χ4n) is 2.74. The summed E-state index contributed by atoms with van der Waals surface area (Å²) in [4.78, 5) is 11.5. The Balaban J connectivity index is 1.78. The van der Waals surface area contributed by atoms with Gasteiger partial charge in [-0.25, -0.2) is 4.98 Å². The first-order chi connectivity index (χ1) is 12.7. The van der Waals surface area contributed by atoms with Gasteiger partial charge < -0.3 is 0 Å². The lowest BCUT2D eigenvalue weighted by Gasteiger charge is -2.03. The molecule has 2 aromatic heterocycles. The third-order valence-electron chi connectivity index (χ3n) is 4.07. The van der Waals surface area contributed by atoms with Gasteiger partial charge in [0.15, 0.2) is 4.34 Å². The average Bonchev–Trinajstić information content (AvgIpc) is 3.08. The van der Waals surface area contributed by atoms with Crippen LogP contribution in [0.1, 0.15) is 11.1 Å². The number of aryl methyl sites for hydroxylation is 2. The molecule has 0 radical (unpaired) electrons. The van der Waals surface area contributed by atoms with E-state index in [2.05, 4.69) is 67.4 Å². The monoisotopic (exact) mass is 374 g/mol. The molecule has 4 aromatic rings. The van der Waals surface area contributed by atoms with E-state index >= 15 is 0 Å². The van der Waals surface area contributed by atoms with Gasteiger partial charge in [-0.3, -0.25) is 4.98 Å². The molecule has 0 saturated heterocycles. The molecular weight excluding hydrogens is 356 g/mol. The standard InChI is InChI=1S/C22H18N2S2/c1-15-6-8-19(9-7-15)25-22-24-20(18-5-3-4-16(2)14-18)21(26-22)17-10-12-23-13-11-17/h3-14H,1-2H3. The lowest BCUT2D eigenvalue weighted by Crippen LogP contribution is -1.84. The molecule has 0 atom stereocenters. The number of hydrogen-bond donors (Lipinski definition) is 0. The molecule has 0 unspecified atom stereocenters. The summed E-state index contributed by atoms with van der Waals surface area (Å²) < 4.78 is 1.05. The molecule has 128 valence electrons. The van der Waals surface area contributed by atoms with Gasteiger partial charge in [-0.15, -0.1) is 11.3 Å². The van der Waals surface area contributed by atoms with Crippen molar-refractivity contribution in [2.45, 2.75) is 23.1 Å². The number of pyridine rings is 1. The van der Waals surface area contributed by atoms with Crippen molar-refractivity contribution in [2.75, 3.05) is 0 Å². The molecule has 0 saturated carbocycles. The lowest BCUT2D eigenvalue weighted by atomic mass is 10.1. The fourth-order valence-corrected chi connectivity index (χ4v) is 4.88. The van der Waals surface area contributed by atoms with Crippen LogP contribution in [-0.2, 0) is 0 Å². The molecular formula is C22H18N2S2. The predicted molar refractivity (Wildman–Crippen MR) is 111 cm³/mol. The Morgan fingerprint density at radius 1 is 0.808 bits per heavy atom. The van der Waals surface area contributed by atoms with Crippen molar-refractivity contribution in [3.63, 3.8) is 0 Å². The van der Waals surface area contributed by atoms with E-state index in [-0.39, 0.29) is 0 Å². The van der Waals surface area contributed by atoms with Crippen LogP contribution in [0.3, 0.4) is 0 Å². The first-order valence-electron chi connectivity index (χ1n) is 8.42. The number of aromatic nitrogens is 2. The second-order valence-electron chi connectivity index (χ2n) is 6.18. The molecule has 0 N–H and O–H groups in total. The van der Waals surface area contributed by atoms with Crippen LogP contribution in [-0.4, -0.2) is 9.97 Å². The second kappa shape index (κ2) is 7.44. The minimum absolute atomic E-state index is 1.04. The normalized spacial score (nSPS) is 10.8. The van der Waals surface area contributed by atoms with Gasteiger partial charge in [0, 0.05) is 22.9 Å². The Hall–Kier alpha value is -2.43. The van der Waals surface area contributed by atoms with Gasteiger partial charge in [-0.1, -0.05) is 53.2 Å². The minimum Gasteiger partial charge on any atom is -0.265 e. The summed E-state index contributed by atoms with van der Waals surface area (Å²) in [6.07, 6.45) is 3.67. The van der Waals surface area contributed by atoms with Crippen LogP contribution < -0.4 is 0 Å². The Bertz CT molecular complexity index is 1020. The van der Waals surface area contributed by atoms with Crippen molar-refractivity contribution in [1.82, 2.24) is 9.97 Å². The Labute approximate surface area is 162 Å². The van der Waals surface area contributed by atoms with Gasteiger partial charge in [0.2, 0.25) is 0 Å². The summed E-state index contributed by atoms with van der Waals surface area (Å²) in [6, 6.07) is 21.2. The highest BCUT2D eigenvalue weighted by atomic mass is 32.2. The average molecular weight is 375 g/mol. The third kappa shape index (κ3) is 3.71. The molecule has 2 nitrogen and oxygen atoms in total. The lowest BCUT2D eigenvalue weighted by molar-refractivity contribution is 1.24. The molecule has 0 spiro atoms. The molecule has 26 heavy (non-hydrogen) atoms. The molecule has 0 aliphatic carbocycles. The maximum atomic E-state index is 4.98. The topological polar surface area (TPSA) is 25.8 Å². The zero-order valence-corrected chi connectivity index (χ0v) is 16.3. The first kappa shape index (κ1) is 17.0. The van der Waals surface area contributed by atoms with Crippen molar-refractivity contribution in [2.24, 2.45) is 0 Å². The predicted octanol–water partition coefficient (Wildman–Crippen LogP) is 6.64. The Morgan fingerprint density at radius 2 is 1.58 bits per heavy atom. The van der Waals surface area contributed by atoms with E-state index in [0.29, 0.717) is 0 Å². The van der Waals surface area contributed by atoms with E-state index in [1.165, 1.54) is 20.9 Å². The van der Waals surface area contributed by atoms with Crippen LogP contribution in [0.2, 0.25) is 0 Å². The van der Waals surface area contributed by atoms with E-state index < -0.39 is 0 Å². The zero-order valence-electron chi connectivity index (χ0n) is 14.6. The molecule has 0 aliphatic rings. The first-order valence-corrected chi connectivity index (χ1v) is 10.0. The van der Waals surface area contributed by atoms with E-state index in [1.54, 1.807) is 23.1 Å². The number of nitrogens with zero attached hydrogens (tertiary/aromatic N) is 2. The number of hydrogen-bond acceptors (Lipinski definition) is 4. The summed E-state index contributed by atoms with van der Waals surface area (Å²) in [5.74, 6) is 0. The van der Waals surface area contributed by atoms with Gasteiger partial charge in [-0.2, -0.15) is 0 Å². The maximum absolute atomic E-state index is 4.98. The van der Waals surface area contributed by atoms with Crippen molar-refractivity contribution in [1.29, 1.82) is 0 Å². The quantitative estimate of drug-likeness (QED) is 0.400. The van der Waals surface area contributed by atoms with Crippen LogP contribution in [0, 0.1) is 13.8 Å². The van der Waals surface area contributed by atoms with Gasteiger partial charge in [-0.05, 0) is 49.7 Å². The van der Waals surface area contributed by atoms with Crippen LogP contribution in [0.15, 0.2) is 82.3 Å². The highest BCUT2D eigenvalue weighted by Crippen LogP contribution is 2.42. The van der Waals surface area contributed by atoms with E-state index in [1.807, 2.05) is 24.5 Å². The molecule has 4 heteroatoms. The molecule has 0 amide bonds. The number of rotatable bonds is 4. The highest BCUT2D eigenvalue weighted by Gasteiger charge is 2.16. The van der Waals surface area contributed by atoms with E-state index in [0.717, 1.165) is 21.2 Å². The van der Waals surface area contributed by atoms with E-state index in [9.17, 15) is 0 Å². The van der Waals surface area contributed by atoms with Gasteiger partial charge in [0.05, 0.1) is 10.6 Å². The molecule has 0 bridgehead atoms. The SMILES string of the molecule is Cc1ccc(Sc2nc(-c3cccc(C)c3)c(-c3ccncc3)s2)cc1. The summed E-state index contributed by atoms with van der Waals surface area (Å²) in [7, 11) is 0. The summed E-state index contributed by atoms with van der Waals surface area (Å²) >= 11 is 3.45. The second-order valence-corrected chi connectivity index (χ2v) is 8.50. The van der Waals surface area contributed by atoms with Crippen LogP contribution in [0.5, 0.6) is 0 Å². The van der Waals surface area contributed by atoms with E-state index in [4.69, 9.17) is 4.98 Å². The molecule has 4 rings (SSSR count). The summed E-state index contributed by atoms with van der Waals surface area (Å²) in [5, 5.41) is 0. The number of thiazole rings is 1. The summed E-state index contributed by atoms with van der Waals surface area (Å²) in [5.41, 5.74) is 5.86. The Kier molecular flexibility index (Phi) is 4.87. The van der Waals surface area contributed by atoms with Crippen molar-refractivity contribution in [3.05, 3.63) is 84.2 Å².